The Morgan fingerprint density at radius 2 is 2.36 bits per heavy atom. The Balaban J connectivity index is 2.65. The normalized spacial score (nSPS) is 15.1. The summed E-state index contributed by atoms with van der Waals surface area (Å²) >= 11 is 4.90. The van der Waals surface area contributed by atoms with Gasteiger partial charge >= 0.3 is 5.97 Å². The Hall–Kier alpha value is -0.390. The van der Waals surface area contributed by atoms with Crippen molar-refractivity contribution in [1.29, 1.82) is 0 Å². The quantitative estimate of drug-likeness (QED) is 0.889. The Morgan fingerprint density at radius 3 is 2.79 bits per heavy atom. The number of carboxylic acid groups (broad SMARTS) is 1. The Kier molecular flexibility index (Phi) is 4.10. The Labute approximate surface area is 95.1 Å². The molecule has 0 aliphatic carbocycles. The molecule has 0 aliphatic heterocycles. The van der Waals surface area contributed by atoms with Crippen molar-refractivity contribution in [2.75, 3.05) is 0 Å². The lowest BCUT2D eigenvalue weighted by atomic mass is 9.98. The summed E-state index contributed by atoms with van der Waals surface area (Å²) in [7, 11) is 0. The van der Waals surface area contributed by atoms with Crippen LogP contribution >= 0.6 is 27.3 Å². The number of aliphatic carboxylic acids is 1. The summed E-state index contributed by atoms with van der Waals surface area (Å²) in [5.41, 5.74) is 5.93. The fourth-order valence-corrected chi connectivity index (χ4v) is 2.75. The molecule has 0 saturated heterocycles. The summed E-state index contributed by atoms with van der Waals surface area (Å²) in [5, 5.41) is 8.62. The third kappa shape index (κ3) is 3.08. The van der Waals surface area contributed by atoms with Gasteiger partial charge in [-0.15, -0.1) is 11.3 Å². The van der Waals surface area contributed by atoms with Gasteiger partial charge in [0, 0.05) is 17.3 Å². The molecule has 2 atom stereocenters. The van der Waals surface area contributed by atoms with Crippen LogP contribution in [0.25, 0.3) is 0 Å². The van der Waals surface area contributed by atoms with E-state index in [-0.39, 0.29) is 18.4 Å². The third-order valence-electron chi connectivity index (χ3n) is 2.03. The molecule has 0 spiro atoms. The van der Waals surface area contributed by atoms with E-state index in [2.05, 4.69) is 15.9 Å². The van der Waals surface area contributed by atoms with Gasteiger partial charge in [0.2, 0.25) is 0 Å². The second kappa shape index (κ2) is 4.91. The van der Waals surface area contributed by atoms with E-state index in [0.717, 1.165) is 8.66 Å². The van der Waals surface area contributed by atoms with E-state index in [1.54, 1.807) is 11.3 Å². The van der Waals surface area contributed by atoms with Crippen LogP contribution in [0, 0.1) is 5.92 Å². The van der Waals surface area contributed by atoms with E-state index in [1.807, 2.05) is 19.1 Å². The highest BCUT2D eigenvalue weighted by molar-refractivity contribution is 9.11. The molecule has 0 fully saturated rings. The number of nitrogens with two attached hydrogens (primary N) is 1. The maximum Gasteiger partial charge on any atom is 0.303 e. The summed E-state index contributed by atoms with van der Waals surface area (Å²) < 4.78 is 1.02. The molecule has 3 nitrogen and oxygen atoms in total. The van der Waals surface area contributed by atoms with Gasteiger partial charge < -0.3 is 10.8 Å². The van der Waals surface area contributed by atoms with Crippen molar-refractivity contribution in [3.8, 4) is 0 Å². The summed E-state index contributed by atoms with van der Waals surface area (Å²) in [6, 6.07) is 3.66. The molecule has 0 saturated carbocycles. The zero-order valence-corrected chi connectivity index (χ0v) is 10.1. The lowest BCUT2D eigenvalue weighted by Crippen LogP contribution is -2.20. The van der Waals surface area contributed by atoms with Gasteiger partial charge in [0.1, 0.15) is 0 Å². The van der Waals surface area contributed by atoms with Gasteiger partial charge in [0.15, 0.2) is 0 Å². The number of hydrogen-bond acceptors (Lipinski definition) is 3. The number of hydrogen-bond donors (Lipinski definition) is 2. The van der Waals surface area contributed by atoms with Crippen LogP contribution in [0.1, 0.15) is 24.3 Å². The van der Waals surface area contributed by atoms with Gasteiger partial charge in [-0.2, -0.15) is 0 Å². The molecule has 5 heteroatoms. The number of thiophene rings is 1. The van der Waals surface area contributed by atoms with Crippen LogP contribution in [0.15, 0.2) is 15.9 Å². The average Bonchev–Trinajstić information content (AvgIpc) is 2.49. The van der Waals surface area contributed by atoms with Crippen LogP contribution in [0.2, 0.25) is 0 Å². The largest absolute Gasteiger partial charge is 0.481 e. The van der Waals surface area contributed by atoms with Gasteiger partial charge in [0.25, 0.3) is 0 Å². The second-order valence-corrected chi connectivity index (χ2v) is 5.74. The van der Waals surface area contributed by atoms with Crippen molar-refractivity contribution >= 4 is 33.2 Å². The summed E-state index contributed by atoms with van der Waals surface area (Å²) in [4.78, 5) is 11.5. The number of halogens is 1. The molecule has 2 unspecified atom stereocenters. The van der Waals surface area contributed by atoms with Crippen molar-refractivity contribution in [2.45, 2.75) is 19.4 Å². The Morgan fingerprint density at radius 1 is 1.71 bits per heavy atom. The molecule has 14 heavy (non-hydrogen) atoms. The van der Waals surface area contributed by atoms with Gasteiger partial charge in [-0.25, -0.2) is 0 Å². The molecule has 1 rings (SSSR count). The molecule has 0 aromatic carbocycles. The molecule has 3 N–H and O–H groups in total. The lowest BCUT2D eigenvalue weighted by molar-refractivity contribution is -0.138. The summed E-state index contributed by atoms with van der Waals surface area (Å²) in [5.74, 6) is -0.846. The van der Waals surface area contributed by atoms with E-state index >= 15 is 0 Å². The second-order valence-electron chi connectivity index (χ2n) is 3.24. The maximum atomic E-state index is 10.5. The van der Waals surface area contributed by atoms with Gasteiger partial charge in [-0.05, 0) is 34.0 Å². The predicted octanol–water partition coefficient (Wildman–Crippen LogP) is 2.62. The van der Waals surface area contributed by atoms with Crippen LogP contribution in [0.5, 0.6) is 0 Å². The molecule has 0 bridgehead atoms. The Bertz CT molecular complexity index is 326. The first-order valence-electron chi connectivity index (χ1n) is 4.23. The van der Waals surface area contributed by atoms with Crippen LogP contribution in [0.4, 0.5) is 0 Å². The van der Waals surface area contributed by atoms with Gasteiger partial charge in [-0.3, -0.25) is 4.79 Å². The highest BCUT2D eigenvalue weighted by Gasteiger charge is 2.18. The van der Waals surface area contributed by atoms with E-state index in [4.69, 9.17) is 10.8 Å². The minimum absolute atomic E-state index is 0.0435. The SMILES string of the molecule is CC(CC(=O)O)C(N)c1ccc(Br)s1. The van der Waals surface area contributed by atoms with Gasteiger partial charge in [-0.1, -0.05) is 6.92 Å². The van der Waals surface area contributed by atoms with Crippen molar-refractivity contribution in [3.05, 3.63) is 20.8 Å². The third-order valence-corrected chi connectivity index (χ3v) is 3.76. The number of carbonyl (C=O) groups is 1. The first-order valence-corrected chi connectivity index (χ1v) is 5.84. The number of carboxylic acids is 1. The maximum absolute atomic E-state index is 10.5. The lowest BCUT2D eigenvalue weighted by Gasteiger charge is -2.16. The van der Waals surface area contributed by atoms with Crippen LogP contribution in [0.3, 0.4) is 0 Å². The van der Waals surface area contributed by atoms with E-state index < -0.39 is 5.97 Å². The zero-order chi connectivity index (χ0) is 10.7. The first kappa shape index (κ1) is 11.7. The fourth-order valence-electron chi connectivity index (χ4n) is 1.19. The van der Waals surface area contributed by atoms with Crippen LogP contribution in [-0.4, -0.2) is 11.1 Å². The molecule has 1 aromatic rings. The van der Waals surface area contributed by atoms with Crippen LogP contribution < -0.4 is 5.73 Å². The predicted molar refractivity (Wildman–Crippen MR) is 60.4 cm³/mol. The molecule has 1 heterocycles. The first-order chi connectivity index (χ1) is 6.50. The van der Waals surface area contributed by atoms with E-state index in [1.165, 1.54) is 0 Å². The topological polar surface area (TPSA) is 63.3 Å². The summed E-state index contributed by atoms with van der Waals surface area (Å²) in [6.45, 7) is 1.85. The molecule has 1 aromatic heterocycles. The zero-order valence-electron chi connectivity index (χ0n) is 7.74. The molecule has 0 radical (unpaired) electrons. The molecular formula is C9H12BrNO2S. The number of rotatable bonds is 4. The summed E-state index contributed by atoms with van der Waals surface area (Å²) in [6.07, 6.45) is 0.108. The van der Waals surface area contributed by atoms with Crippen molar-refractivity contribution in [3.63, 3.8) is 0 Å². The van der Waals surface area contributed by atoms with Crippen LogP contribution in [-0.2, 0) is 4.79 Å². The fraction of sp³-hybridized carbons (Fsp3) is 0.444. The molecule has 78 valence electrons. The monoisotopic (exact) mass is 277 g/mol. The molecule has 0 amide bonds. The minimum atomic E-state index is -0.802. The highest BCUT2D eigenvalue weighted by atomic mass is 79.9. The minimum Gasteiger partial charge on any atom is -0.481 e. The van der Waals surface area contributed by atoms with Crippen molar-refractivity contribution < 1.29 is 9.90 Å². The molecular weight excluding hydrogens is 266 g/mol. The highest BCUT2D eigenvalue weighted by Crippen LogP contribution is 2.30. The van der Waals surface area contributed by atoms with Crippen molar-refractivity contribution in [2.24, 2.45) is 11.7 Å². The smallest absolute Gasteiger partial charge is 0.303 e. The average molecular weight is 278 g/mol. The molecule has 0 aliphatic rings. The van der Waals surface area contributed by atoms with Crippen molar-refractivity contribution in [1.82, 2.24) is 0 Å². The standard InChI is InChI=1S/C9H12BrNO2S/c1-5(4-8(12)13)9(11)6-2-3-7(10)14-6/h2-3,5,9H,4,11H2,1H3,(H,12,13). The van der Waals surface area contributed by atoms with Gasteiger partial charge in [0.05, 0.1) is 3.79 Å². The van der Waals surface area contributed by atoms with E-state index in [0.29, 0.717) is 0 Å². The van der Waals surface area contributed by atoms with E-state index in [9.17, 15) is 4.79 Å².